The van der Waals surface area contributed by atoms with E-state index in [1.807, 2.05) is 55.5 Å². The van der Waals surface area contributed by atoms with Gasteiger partial charge in [-0.2, -0.15) is 18.3 Å². The zero-order valence-electron chi connectivity index (χ0n) is 19.1. The van der Waals surface area contributed by atoms with E-state index < -0.39 is 12.1 Å². The predicted octanol–water partition coefficient (Wildman–Crippen LogP) is 5.70. The van der Waals surface area contributed by atoms with E-state index in [0.717, 1.165) is 22.3 Å². The van der Waals surface area contributed by atoms with Gasteiger partial charge in [0.15, 0.2) is 0 Å². The molecule has 0 fully saturated rings. The Hall–Kier alpha value is -4.87. The summed E-state index contributed by atoms with van der Waals surface area (Å²) in [5.74, 6) is -1.88. The number of aromatic nitrogens is 5. The maximum absolute atomic E-state index is 14.4. The quantitative estimate of drug-likeness (QED) is 0.299. The van der Waals surface area contributed by atoms with Gasteiger partial charge in [0.1, 0.15) is 18.0 Å². The first-order chi connectivity index (χ1) is 17.6. The number of fused-ring (bicyclic) bond motifs is 1. The van der Waals surface area contributed by atoms with Crippen LogP contribution in [0, 0.1) is 12.7 Å². The summed E-state index contributed by atoms with van der Waals surface area (Å²) in [6.45, 7) is 1.85. The average molecular weight is 510 g/mol. The number of halogens is 4. The van der Waals surface area contributed by atoms with Crippen molar-refractivity contribution in [2.24, 2.45) is 0 Å². The molecule has 0 radical (unpaired) electrons. The van der Waals surface area contributed by atoms with Crippen LogP contribution in [0.4, 0.5) is 29.2 Å². The van der Waals surface area contributed by atoms with E-state index >= 15 is 0 Å². The van der Waals surface area contributed by atoms with Crippen LogP contribution in [0.5, 0.6) is 0 Å². The molecule has 5 rings (SSSR count). The average Bonchev–Trinajstić information content (AvgIpc) is 3.30. The van der Waals surface area contributed by atoms with Gasteiger partial charge in [0.2, 0.25) is 5.95 Å². The Bertz CT molecular complexity index is 1550. The number of rotatable bonds is 4. The summed E-state index contributed by atoms with van der Waals surface area (Å²) in [5, 5.41) is 15.5. The number of nitrogens with zero attached hydrogens (tertiary/aromatic N) is 5. The third-order valence-electron chi connectivity index (χ3n) is 5.01. The van der Waals surface area contributed by atoms with E-state index in [9.17, 15) is 17.6 Å². The molecule has 0 atom stereocenters. The maximum Gasteiger partial charge on any atom is 0.490 e. The first kappa shape index (κ1) is 25.2. The van der Waals surface area contributed by atoms with Crippen molar-refractivity contribution in [3.8, 4) is 16.8 Å². The van der Waals surface area contributed by atoms with Crippen LogP contribution in [-0.2, 0) is 4.79 Å². The van der Waals surface area contributed by atoms with Gasteiger partial charge in [-0.15, -0.1) is 0 Å². The molecule has 2 heterocycles. The van der Waals surface area contributed by atoms with Crippen molar-refractivity contribution in [2.75, 3.05) is 5.32 Å². The highest BCUT2D eigenvalue weighted by Gasteiger charge is 2.38. The molecule has 0 bridgehead atoms. The summed E-state index contributed by atoms with van der Waals surface area (Å²) in [4.78, 5) is 22.1. The molecule has 12 heteroatoms. The summed E-state index contributed by atoms with van der Waals surface area (Å²) in [6.07, 6.45) is -1.67. The SMILES string of the molecule is Cc1ncn(-c2ccc(Nc3ncc4cccc(-c5ccccc5F)c4n3)cc2)n1.O=C(O)C(F)(F)F. The number of carboxylic acids is 1. The number of benzene rings is 3. The molecule has 37 heavy (non-hydrogen) atoms. The fourth-order valence-electron chi connectivity index (χ4n) is 3.31. The van der Waals surface area contributed by atoms with Crippen LogP contribution in [0.25, 0.3) is 27.7 Å². The van der Waals surface area contributed by atoms with Crippen LogP contribution in [0.15, 0.2) is 79.3 Å². The first-order valence-electron chi connectivity index (χ1n) is 10.7. The van der Waals surface area contributed by atoms with Gasteiger partial charge in [-0.05, 0) is 37.3 Å². The zero-order chi connectivity index (χ0) is 26.6. The van der Waals surface area contributed by atoms with Crippen LogP contribution in [-0.4, -0.2) is 42.0 Å². The number of carbonyl (C=O) groups is 1. The molecule has 3 aromatic carbocycles. The highest BCUT2D eigenvalue weighted by Crippen LogP contribution is 2.30. The third kappa shape index (κ3) is 6.04. The van der Waals surface area contributed by atoms with Crippen molar-refractivity contribution >= 4 is 28.5 Å². The Kier molecular flexibility index (Phi) is 7.09. The van der Waals surface area contributed by atoms with Crippen LogP contribution in [0.3, 0.4) is 0 Å². The first-order valence-corrected chi connectivity index (χ1v) is 10.7. The number of hydrogen-bond acceptors (Lipinski definition) is 6. The largest absolute Gasteiger partial charge is 0.490 e. The topological polar surface area (TPSA) is 106 Å². The normalized spacial score (nSPS) is 11.1. The van der Waals surface area contributed by atoms with Gasteiger partial charge in [-0.1, -0.05) is 36.4 Å². The molecular formula is C25H18F4N6O2. The molecule has 2 aromatic heterocycles. The second-order valence-corrected chi connectivity index (χ2v) is 7.63. The summed E-state index contributed by atoms with van der Waals surface area (Å²) in [6, 6.07) is 20.1. The maximum atomic E-state index is 14.4. The molecule has 0 unspecified atom stereocenters. The van der Waals surface area contributed by atoms with Crippen molar-refractivity contribution < 1.29 is 27.5 Å². The number of alkyl halides is 3. The number of aryl methyl sites for hydroxylation is 1. The molecule has 0 aliphatic carbocycles. The van der Waals surface area contributed by atoms with Gasteiger partial charge in [-0.3, -0.25) is 0 Å². The lowest BCUT2D eigenvalue weighted by atomic mass is 10.0. The summed E-state index contributed by atoms with van der Waals surface area (Å²) in [5.41, 5.74) is 3.67. The van der Waals surface area contributed by atoms with Gasteiger partial charge in [0.05, 0.1) is 11.2 Å². The monoisotopic (exact) mass is 510 g/mol. The van der Waals surface area contributed by atoms with E-state index in [2.05, 4.69) is 25.4 Å². The number of aliphatic carboxylic acids is 1. The Labute approximate surface area is 207 Å². The summed E-state index contributed by atoms with van der Waals surface area (Å²) >= 11 is 0. The minimum atomic E-state index is -5.08. The van der Waals surface area contributed by atoms with Crippen molar-refractivity contribution in [3.05, 3.63) is 90.9 Å². The lowest BCUT2D eigenvalue weighted by Gasteiger charge is -2.10. The highest BCUT2D eigenvalue weighted by atomic mass is 19.4. The van der Waals surface area contributed by atoms with Crippen LogP contribution in [0.1, 0.15) is 5.82 Å². The molecular weight excluding hydrogens is 492 g/mol. The highest BCUT2D eigenvalue weighted by molar-refractivity contribution is 5.94. The van der Waals surface area contributed by atoms with Crippen molar-refractivity contribution in [3.63, 3.8) is 0 Å². The molecule has 5 aromatic rings. The van der Waals surface area contributed by atoms with E-state index in [4.69, 9.17) is 9.90 Å². The molecule has 0 spiro atoms. The molecule has 2 N–H and O–H groups in total. The Morgan fingerprint density at radius 3 is 2.24 bits per heavy atom. The zero-order valence-corrected chi connectivity index (χ0v) is 19.1. The Morgan fingerprint density at radius 2 is 1.62 bits per heavy atom. The fraction of sp³-hybridized carbons (Fsp3) is 0.0800. The molecule has 0 aliphatic rings. The van der Waals surface area contributed by atoms with Gasteiger partial charge < -0.3 is 10.4 Å². The smallest absolute Gasteiger partial charge is 0.475 e. The van der Waals surface area contributed by atoms with E-state index in [1.165, 1.54) is 6.07 Å². The molecule has 0 saturated carbocycles. The number of anilines is 2. The number of hydrogen-bond donors (Lipinski definition) is 2. The van der Waals surface area contributed by atoms with Gasteiger partial charge in [0.25, 0.3) is 0 Å². The van der Waals surface area contributed by atoms with E-state index in [0.29, 0.717) is 22.9 Å². The van der Waals surface area contributed by atoms with Crippen LogP contribution in [0.2, 0.25) is 0 Å². The molecule has 0 saturated heterocycles. The lowest BCUT2D eigenvalue weighted by Crippen LogP contribution is -2.21. The molecule has 8 nitrogen and oxygen atoms in total. The van der Waals surface area contributed by atoms with Crippen LogP contribution < -0.4 is 5.32 Å². The minimum absolute atomic E-state index is 0.281. The molecule has 188 valence electrons. The number of carboxylic acid groups (broad SMARTS) is 1. The van der Waals surface area contributed by atoms with Crippen molar-refractivity contribution in [2.45, 2.75) is 13.1 Å². The second kappa shape index (κ2) is 10.4. The molecule has 0 aliphatic heterocycles. The third-order valence-corrected chi connectivity index (χ3v) is 5.01. The second-order valence-electron chi connectivity index (χ2n) is 7.63. The van der Waals surface area contributed by atoms with E-state index in [-0.39, 0.29) is 5.82 Å². The van der Waals surface area contributed by atoms with Crippen LogP contribution >= 0.6 is 0 Å². The van der Waals surface area contributed by atoms with Crippen molar-refractivity contribution in [1.82, 2.24) is 24.7 Å². The lowest BCUT2D eigenvalue weighted by molar-refractivity contribution is -0.192. The predicted molar refractivity (Wildman–Crippen MR) is 128 cm³/mol. The van der Waals surface area contributed by atoms with E-state index in [1.54, 1.807) is 29.3 Å². The minimum Gasteiger partial charge on any atom is -0.475 e. The standard InChI is InChI=1S/C23H17FN6.C2HF3O2/c1-15-26-14-30(29-15)18-11-9-17(10-12-18)27-23-25-13-16-5-4-7-20(22(16)28-23)19-6-2-3-8-21(19)24;3-2(4,5)1(6)7/h2-14H,1H3,(H,25,27,28);(H,6,7). The summed E-state index contributed by atoms with van der Waals surface area (Å²) < 4.78 is 47.8. The Morgan fingerprint density at radius 1 is 0.946 bits per heavy atom. The fourth-order valence-corrected chi connectivity index (χ4v) is 3.31. The summed E-state index contributed by atoms with van der Waals surface area (Å²) in [7, 11) is 0. The van der Waals surface area contributed by atoms with Gasteiger partial charge in [-0.25, -0.2) is 28.8 Å². The number of nitrogens with one attached hydrogen (secondary N) is 1. The van der Waals surface area contributed by atoms with Gasteiger partial charge in [0, 0.05) is 28.4 Å². The van der Waals surface area contributed by atoms with Crippen molar-refractivity contribution in [1.29, 1.82) is 0 Å². The molecule has 0 amide bonds. The number of para-hydroxylation sites is 1. The Balaban J connectivity index is 0.000000405. The van der Waals surface area contributed by atoms with Gasteiger partial charge >= 0.3 is 12.1 Å².